The topological polar surface area (TPSA) is 74.2 Å². The SMILES string of the molecule is COC(=O)Cc1cc(OCc2cc(C)cc(CO)c2OCCC(C)C)ccc1OC(C)C. The molecule has 0 heterocycles. The highest BCUT2D eigenvalue weighted by molar-refractivity contribution is 5.73. The molecule has 176 valence electrons. The highest BCUT2D eigenvalue weighted by atomic mass is 16.5. The maximum Gasteiger partial charge on any atom is 0.310 e. The number of aliphatic hydroxyl groups excluding tert-OH is 1. The Balaban J connectivity index is 2.25. The average Bonchev–Trinajstić information content (AvgIpc) is 2.73. The predicted octanol–water partition coefficient (Wildman–Crippen LogP) is 4.99. The summed E-state index contributed by atoms with van der Waals surface area (Å²) < 4.78 is 22.7. The molecule has 0 fully saturated rings. The molecular weight excluding hydrogens is 408 g/mol. The van der Waals surface area contributed by atoms with Crippen molar-refractivity contribution in [1.29, 1.82) is 0 Å². The molecule has 6 heteroatoms. The van der Waals surface area contributed by atoms with E-state index in [1.165, 1.54) is 7.11 Å². The molecule has 0 saturated carbocycles. The third-order valence-electron chi connectivity index (χ3n) is 4.85. The number of hydrogen-bond acceptors (Lipinski definition) is 6. The summed E-state index contributed by atoms with van der Waals surface area (Å²) in [6.45, 7) is 10.9. The van der Waals surface area contributed by atoms with Crippen LogP contribution in [-0.4, -0.2) is 30.9 Å². The number of esters is 1. The molecule has 2 rings (SSSR count). The Kier molecular flexibility index (Phi) is 9.85. The Morgan fingerprint density at radius 1 is 1.00 bits per heavy atom. The van der Waals surface area contributed by atoms with Gasteiger partial charge >= 0.3 is 5.97 Å². The molecule has 0 aromatic heterocycles. The lowest BCUT2D eigenvalue weighted by molar-refractivity contribution is -0.139. The van der Waals surface area contributed by atoms with E-state index in [-0.39, 0.29) is 31.7 Å². The summed E-state index contributed by atoms with van der Waals surface area (Å²) in [7, 11) is 1.36. The molecule has 6 nitrogen and oxygen atoms in total. The first-order valence-corrected chi connectivity index (χ1v) is 11.1. The van der Waals surface area contributed by atoms with Crippen molar-refractivity contribution in [3.8, 4) is 17.2 Å². The molecule has 0 unspecified atom stereocenters. The fourth-order valence-electron chi connectivity index (χ4n) is 3.28. The lowest BCUT2D eigenvalue weighted by Gasteiger charge is -2.18. The summed E-state index contributed by atoms with van der Waals surface area (Å²) >= 11 is 0. The maximum absolute atomic E-state index is 11.9. The van der Waals surface area contributed by atoms with Gasteiger partial charge in [0.25, 0.3) is 0 Å². The van der Waals surface area contributed by atoms with Gasteiger partial charge < -0.3 is 24.1 Å². The number of carbonyl (C=O) groups excluding carboxylic acids is 1. The number of rotatable bonds is 12. The first kappa shape index (κ1) is 25.5. The second-order valence-corrected chi connectivity index (χ2v) is 8.58. The van der Waals surface area contributed by atoms with Crippen LogP contribution in [0.15, 0.2) is 30.3 Å². The largest absolute Gasteiger partial charge is 0.493 e. The molecule has 2 aromatic carbocycles. The van der Waals surface area contributed by atoms with Gasteiger partial charge in [0.1, 0.15) is 23.9 Å². The molecule has 0 radical (unpaired) electrons. The summed E-state index contributed by atoms with van der Waals surface area (Å²) in [5.74, 6) is 2.10. The minimum Gasteiger partial charge on any atom is -0.493 e. The number of benzene rings is 2. The van der Waals surface area contributed by atoms with Crippen molar-refractivity contribution in [2.45, 2.75) is 66.8 Å². The maximum atomic E-state index is 11.9. The molecule has 0 aliphatic carbocycles. The molecule has 0 bridgehead atoms. The molecule has 2 aromatic rings. The van der Waals surface area contributed by atoms with Crippen molar-refractivity contribution >= 4 is 5.97 Å². The first-order chi connectivity index (χ1) is 15.2. The number of hydrogen-bond donors (Lipinski definition) is 1. The lowest BCUT2D eigenvalue weighted by Crippen LogP contribution is -2.11. The fraction of sp³-hybridized carbons (Fsp3) is 0.500. The summed E-state index contributed by atoms with van der Waals surface area (Å²) in [5, 5.41) is 9.83. The zero-order valence-electron chi connectivity index (χ0n) is 20.1. The van der Waals surface area contributed by atoms with Crippen LogP contribution < -0.4 is 14.2 Å². The number of aryl methyl sites for hydroxylation is 1. The summed E-state index contributed by atoms with van der Waals surface area (Å²) in [6, 6.07) is 9.37. The molecule has 0 spiro atoms. The number of aliphatic hydroxyl groups is 1. The van der Waals surface area contributed by atoms with E-state index >= 15 is 0 Å². The minimum atomic E-state index is -0.345. The van der Waals surface area contributed by atoms with Crippen LogP contribution in [0.1, 0.15) is 56.4 Å². The van der Waals surface area contributed by atoms with Gasteiger partial charge in [-0.2, -0.15) is 0 Å². The number of carbonyl (C=O) groups is 1. The standard InChI is InChI=1S/C26H36O6/c1-17(2)9-10-30-26-21(15-27)11-19(5)12-22(26)16-31-23-7-8-24(32-18(3)4)20(13-23)14-25(28)29-6/h7-8,11-13,17-18,27H,9-10,14-16H2,1-6H3. The van der Waals surface area contributed by atoms with Crippen LogP contribution in [0, 0.1) is 12.8 Å². The molecule has 0 aliphatic heterocycles. The van der Waals surface area contributed by atoms with Gasteiger partial charge in [-0.1, -0.05) is 25.5 Å². The molecule has 0 atom stereocenters. The van der Waals surface area contributed by atoms with Gasteiger partial charge in [-0.15, -0.1) is 0 Å². The van der Waals surface area contributed by atoms with Crippen molar-refractivity contribution in [1.82, 2.24) is 0 Å². The zero-order valence-corrected chi connectivity index (χ0v) is 20.1. The van der Waals surface area contributed by atoms with Gasteiger partial charge in [-0.3, -0.25) is 4.79 Å². The highest BCUT2D eigenvalue weighted by Crippen LogP contribution is 2.30. The third kappa shape index (κ3) is 7.75. The van der Waals surface area contributed by atoms with Crippen LogP contribution in [0.4, 0.5) is 0 Å². The van der Waals surface area contributed by atoms with Gasteiger partial charge in [0, 0.05) is 16.7 Å². The Bertz CT molecular complexity index is 888. The lowest BCUT2D eigenvalue weighted by atomic mass is 10.0. The molecule has 0 aliphatic rings. The fourth-order valence-corrected chi connectivity index (χ4v) is 3.28. The van der Waals surface area contributed by atoms with Crippen LogP contribution in [0.2, 0.25) is 0 Å². The van der Waals surface area contributed by atoms with Crippen molar-refractivity contribution in [2.24, 2.45) is 5.92 Å². The molecular formula is C26H36O6. The second kappa shape index (κ2) is 12.3. The number of ether oxygens (including phenoxy) is 4. The molecule has 0 saturated heterocycles. The monoisotopic (exact) mass is 444 g/mol. The van der Waals surface area contributed by atoms with Gasteiger partial charge in [0.05, 0.1) is 32.8 Å². The minimum absolute atomic E-state index is 0.0205. The third-order valence-corrected chi connectivity index (χ3v) is 4.85. The van der Waals surface area contributed by atoms with Gasteiger partial charge in [0.15, 0.2) is 0 Å². The van der Waals surface area contributed by atoms with E-state index in [9.17, 15) is 9.90 Å². The van der Waals surface area contributed by atoms with Crippen LogP contribution in [-0.2, 0) is 29.2 Å². The van der Waals surface area contributed by atoms with E-state index in [1.54, 1.807) is 6.07 Å². The Labute approximate surface area is 191 Å². The summed E-state index contributed by atoms with van der Waals surface area (Å²) in [4.78, 5) is 11.9. The average molecular weight is 445 g/mol. The zero-order chi connectivity index (χ0) is 23.7. The predicted molar refractivity (Wildman–Crippen MR) is 124 cm³/mol. The first-order valence-electron chi connectivity index (χ1n) is 11.1. The molecule has 1 N–H and O–H groups in total. The van der Waals surface area contributed by atoms with Crippen molar-refractivity contribution in [2.75, 3.05) is 13.7 Å². The van der Waals surface area contributed by atoms with Crippen LogP contribution in [0.5, 0.6) is 17.2 Å². The Morgan fingerprint density at radius 3 is 2.34 bits per heavy atom. The van der Waals surface area contributed by atoms with Gasteiger partial charge in [-0.05, 0) is 57.4 Å². The van der Waals surface area contributed by atoms with E-state index in [0.717, 1.165) is 23.1 Å². The molecule has 0 amide bonds. The summed E-state index contributed by atoms with van der Waals surface area (Å²) in [5.41, 5.74) is 3.35. The van der Waals surface area contributed by atoms with E-state index in [2.05, 4.69) is 13.8 Å². The van der Waals surface area contributed by atoms with Crippen molar-refractivity contribution < 1.29 is 28.8 Å². The highest BCUT2D eigenvalue weighted by Gasteiger charge is 2.15. The summed E-state index contributed by atoms with van der Waals surface area (Å²) in [6.07, 6.45) is 0.999. The number of methoxy groups -OCH3 is 1. The second-order valence-electron chi connectivity index (χ2n) is 8.58. The van der Waals surface area contributed by atoms with Crippen molar-refractivity contribution in [3.63, 3.8) is 0 Å². The quantitative estimate of drug-likeness (QED) is 0.465. The Hall–Kier alpha value is -2.73. The van der Waals surface area contributed by atoms with E-state index in [4.69, 9.17) is 18.9 Å². The smallest absolute Gasteiger partial charge is 0.310 e. The van der Waals surface area contributed by atoms with Gasteiger partial charge in [0.2, 0.25) is 0 Å². The normalized spacial score (nSPS) is 11.0. The van der Waals surface area contributed by atoms with E-state index in [1.807, 2.05) is 45.0 Å². The Morgan fingerprint density at radius 2 is 1.72 bits per heavy atom. The van der Waals surface area contributed by atoms with Crippen LogP contribution in [0.25, 0.3) is 0 Å². The van der Waals surface area contributed by atoms with E-state index < -0.39 is 0 Å². The van der Waals surface area contributed by atoms with Crippen LogP contribution in [0.3, 0.4) is 0 Å². The van der Waals surface area contributed by atoms with E-state index in [0.29, 0.717) is 35.3 Å². The van der Waals surface area contributed by atoms with Gasteiger partial charge in [-0.25, -0.2) is 0 Å². The molecule has 32 heavy (non-hydrogen) atoms. The van der Waals surface area contributed by atoms with Crippen molar-refractivity contribution in [3.05, 3.63) is 52.6 Å². The van der Waals surface area contributed by atoms with Crippen LogP contribution >= 0.6 is 0 Å².